The zero-order valence-corrected chi connectivity index (χ0v) is 17.6. The van der Waals surface area contributed by atoms with E-state index in [1.807, 2.05) is 18.2 Å². The lowest BCUT2D eigenvalue weighted by Gasteiger charge is -2.24. The van der Waals surface area contributed by atoms with Crippen molar-refractivity contribution in [2.24, 2.45) is 0 Å². The number of carbonyl (C=O) groups excluding carboxylic acids is 2. The maximum Gasteiger partial charge on any atom is 0.261 e. The zero-order valence-electron chi connectivity index (χ0n) is 17.6. The second-order valence-electron chi connectivity index (χ2n) is 7.54. The van der Waals surface area contributed by atoms with Gasteiger partial charge in [0, 0.05) is 18.4 Å². The molecule has 8 heteroatoms. The summed E-state index contributed by atoms with van der Waals surface area (Å²) < 4.78 is 18.7. The Morgan fingerprint density at radius 1 is 1.16 bits per heavy atom. The number of carbonyl (C=O) groups is 2. The van der Waals surface area contributed by atoms with E-state index in [0.29, 0.717) is 35.1 Å². The maximum absolute atomic E-state index is 13.1. The highest BCUT2D eigenvalue weighted by Crippen LogP contribution is 2.30. The van der Waals surface area contributed by atoms with Gasteiger partial charge >= 0.3 is 0 Å². The molecule has 32 heavy (non-hydrogen) atoms. The predicted octanol–water partition coefficient (Wildman–Crippen LogP) is 3.92. The lowest BCUT2D eigenvalue weighted by Crippen LogP contribution is -2.35. The van der Waals surface area contributed by atoms with Crippen molar-refractivity contribution in [1.29, 1.82) is 0 Å². The monoisotopic (exact) mass is 434 g/mol. The van der Waals surface area contributed by atoms with E-state index in [2.05, 4.69) is 15.3 Å². The number of ether oxygens (including phenoxy) is 1. The molecule has 2 amide bonds. The molecule has 0 aliphatic carbocycles. The molecular formula is C24H23FN4O3. The van der Waals surface area contributed by atoms with E-state index in [1.54, 1.807) is 24.0 Å². The molecule has 2 heterocycles. The number of para-hydroxylation sites is 1. The van der Waals surface area contributed by atoms with Gasteiger partial charge in [-0.15, -0.1) is 0 Å². The SMILES string of the molecule is Cc1nc([C@H]2CCCN2C(=O)COc2ccccc2)ncc1C(=O)Nc1ccc(F)cc1. The number of nitrogens with zero attached hydrogens (tertiary/aromatic N) is 3. The summed E-state index contributed by atoms with van der Waals surface area (Å²) >= 11 is 0. The molecule has 1 N–H and O–H groups in total. The van der Waals surface area contributed by atoms with E-state index < -0.39 is 0 Å². The minimum atomic E-state index is -0.378. The Balaban J connectivity index is 1.43. The Labute approximate surface area is 185 Å². The number of benzene rings is 2. The second-order valence-corrected chi connectivity index (χ2v) is 7.54. The highest BCUT2D eigenvalue weighted by Gasteiger charge is 2.32. The molecule has 0 unspecified atom stereocenters. The van der Waals surface area contributed by atoms with Crippen molar-refractivity contribution in [3.05, 3.63) is 83.7 Å². The molecule has 3 aromatic rings. The van der Waals surface area contributed by atoms with Crippen LogP contribution in [0.5, 0.6) is 5.75 Å². The minimum absolute atomic E-state index is 0.0579. The topological polar surface area (TPSA) is 84.4 Å². The number of halogens is 1. The van der Waals surface area contributed by atoms with Crippen molar-refractivity contribution in [3.8, 4) is 5.75 Å². The zero-order chi connectivity index (χ0) is 22.5. The third-order valence-electron chi connectivity index (χ3n) is 5.32. The first kappa shape index (κ1) is 21.4. The lowest BCUT2D eigenvalue weighted by atomic mass is 10.1. The van der Waals surface area contributed by atoms with Crippen LogP contribution >= 0.6 is 0 Å². The molecule has 1 fully saturated rings. The Morgan fingerprint density at radius 3 is 2.62 bits per heavy atom. The number of nitrogens with one attached hydrogen (secondary N) is 1. The minimum Gasteiger partial charge on any atom is -0.484 e. The standard InChI is InChI=1S/C24H23FN4O3/c1-16-20(24(31)28-18-11-9-17(25)10-12-18)14-26-23(27-16)21-8-5-13-29(21)22(30)15-32-19-6-3-2-4-7-19/h2-4,6-7,9-12,14,21H,5,8,13,15H2,1H3,(H,28,31)/t21-/m1/s1. The summed E-state index contributed by atoms with van der Waals surface area (Å²) in [6, 6.07) is 14.4. The summed E-state index contributed by atoms with van der Waals surface area (Å²) in [5.41, 5.74) is 1.31. The molecule has 1 atom stereocenters. The molecule has 0 saturated carbocycles. The van der Waals surface area contributed by atoms with Gasteiger partial charge in [0.15, 0.2) is 12.4 Å². The number of anilines is 1. The average Bonchev–Trinajstić information content (AvgIpc) is 3.30. The summed E-state index contributed by atoms with van der Waals surface area (Å²) in [7, 11) is 0. The van der Waals surface area contributed by atoms with Crippen molar-refractivity contribution in [1.82, 2.24) is 14.9 Å². The van der Waals surface area contributed by atoms with Gasteiger partial charge in [-0.25, -0.2) is 14.4 Å². The van der Waals surface area contributed by atoms with Gasteiger partial charge in [0.2, 0.25) is 0 Å². The Morgan fingerprint density at radius 2 is 1.91 bits per heavy atom. The highest BCUT2D eigenvalue weighted by molar-refractivity contribution is 6.04. The van der Waals surface area contributed by atoms with E-state index in [4.69, 9.17) is 4.74 Å². The van der Waals surface area contributed by atoms with Crippen molar-refractivity contribution in [2.45, 2.75) is 25.8 Å². The fourth-order valence-corrected chi connectivity index (χ4v) is 3.68. The highest BCUT2D eigenvalue weighted by atomic mass is 19.1. The first-order valence-corrected chi connectivity index (χ1v) is 10.4. The molecule has 1 saturated heterocycles. The fraction of sp³-hybridized carbons (Fsp3) is 0.250. The van der Waals surface area contributed by atoms with Crippen LogP contribution in [0.3, 0.4) is 0 Å². The number of amides is 2. The summed E-state index contributed by atoms with van der Waals surface area (Å²) in [6.07, 6.45) is 3.06. The molecule has 0 radical (unpaired) electrons. The van der Waals surface area contributed by atoms with E-state index >= 15 is 0 Å². The van der Waals surface area contributed by atoms with Gasteiger partial charge in [-0.3, -0.25) is 9.59 Å². The van der Waals surface area contributed by atoms with Crippen LogP contribution in [0.1, 0.15) is 40.8 Å². The Kier molecular flexibility index (Phi) is 6.39. The quantitative estimate of drug-likeness (QED) is 0.636. The van der Waals surface area contributed by atoms with Crippen LogP contribution < -0.4 is 10.1 Å². The van der Waals surface area contributed by atoms with Gasteiger partial charge in [-0.2, -0.15) is 0 Å². The fourth-order valence-electron chi connectivity index (χ4n) is 3.68. The molecule has 1 aliphatic heterocycles. The van der Waals surface area contributed by atoms with Crippen molar-refractivity contribution >= 4 is 17.5 Å². The average molecular weight is 434 g/mol. The number of aromatic nitrogens is 2. The van der Waals surface area contributed by atoms with Crippen LogP contribution in [-0.4, -0.2) is 39.8 Å². The molecule has 7 nitrogen and oxygen atoms in total. The summed E-state index contributed by atoms with van der Waals surface area (Å²) in [5, 5.41) is 2.71. The summed E-state index contributed by atoms with van der Waals surface area (Å²) in [4.78, 5) is 36.0. The number of rotatable bonds is 6. The van der Waals surface area contributed by atoms with Crippen LogP contribution in [0.4, 0.5) is 10.1 Å². The van der Waals surface area contributed by atoms with E-state index in [1.165, 1.54) is 30.5 Å². The molecule has 164 valence electrons. The molecule has 0 spiro atoms. The van der Waals surface area contributed by atoms with Gasteiger partial charge < -0.3 is 15.0 Å². The molecule has 4 rings (SSSR count). The second kappa shape index (κ2) is 9.55. The van der Waals surface area contributed by atoms with Gasteiger partial charge in [0.1, 0.15) is 11.6 Å². The van der Waals surface area contributed by atoms with Crippen LogP contribution in [0.25, 0.3) is 0 Å². The summed E-state index contributed by atoms with van der Waals surface area (Å²) in [6.45, 7) is 2.28. The van der Waals surface area contributed by atoms with Crippen LogP contribution in [-0.2, 0) is 4.79 Å². The largest absolute Gasteiger partial charge is 0.484 e. The number of hydrogen-bond acceptors (Lipinski definition) is 5. The Hall–Kier alpha value is -3.81. The van der Waals surface area contributed by atoms with Crippen molar-refractivity contribution in [2.75, 3.05) is 18.5 Å². The third-order valence-corrected chi connectivity index (χ3v) is 5.32. The lowest BCUT2D eigenvalue weighted by molar-refractivity contribution is -0.134. The van der Waals surface area contributed by atoms with E-state index in [0.717, 1.165) is 12.8 Å². The maximum atomic E-state index is 13.1. The van der Waals surface area contributed by atoms with E-state index in [9.17, 15) is 14.0 Å². The number of aryl methyl sites for hydroxylation is 1. The van der Waals surface area contributed by atoms with Gasteiger partial charge in [0.25, 0.3) is 11.8 Å². The van der Waals surface area contributed by atoms with Gasteiger partial charge in [0.05, 0.1) is 17.3 Å². The Bertz CT molecular complexity index is 1110. The molecular weight excluding hydrogens is 411 g/mol. The molecule has 0 bridgehead atoms. The smallest absolute Gasteiger partial charge is 0.261 e. The number of hydrogen-bond donors (Lipinski definition) is 1. The van der Waals surface area contributed by atoms with Crippen molar-refractivity contribution < 1.29 is 18.7 Å². The first-order valence-electron chi connectivity index (χ1n) is 10.4. The van der Waals surface area contributed by atoms with Crippen LogP contribution in [0.2, 0.25) is 0 Å². The molecule has 2 aromatic carbocycles. The van der Waals surface area contributed by atoms with Gasteiger partial charge in [-0.1, -0.05) is 18.2 Å². The van der Waals surface area contributed by atoms with Crippen LogP contribution in [0, 0.1) is 12.7 Å². The molecule has 1 aliphatic rings. The van der Waals surface area contributed by atoms with Crippen LogP contribution in [0.15, 0.2) is 60.8 Å². The normalized spacial score (nSPS) is 15.4. The van der Waals surface area contributed by atoms with E-state index in [-0.39, 0.29) is 30.3 Å². The third kappa shape index (κ3) is 4.91. The first-order chi connectivity index (χ1) is 15.5. The predicted molar refractivity (Wildman–Crippen MR) is 117 cm³/mol. The van der Waals surface area contributed by atoms with Crippen molar-refractivity contribution in [3.63, 3.8) is 0 Å². The molecule has 1 aromatic heterocycles. The summed E-state index contributed by atoms with van der Waals surface area (Å²) in [5.74, 6) is 0.260. The number of likely N-dealkylation sites (tertiary alicyclic amines) is 1. The van der Waals surface area contributed by atoms with Gasteiger partial charge in [-0.05, 0) is 56.2 Å².